The van der Waals surface area contributed by atoms with Gasteiger partial charge in [0.1, 0.15) is 0 Å². The zero-order valence-corrected chi connectivity index (χ0v) is 11.4. The fourth-order valence-electron chi connectivity index (χ4n) is 1.61. The van der Waals surface area contributed by atoms with Crippen molar-refractivity contribution in [3.05, 3.63) is 18.5 Å². The molecule has 0 saturated carbocycles. The molecule has 0 amide bonds. The number of rotatable bonds is 7. The number of methoxy groups -OCH3 is 1. The van der Waals surface area contributed by atoms with Gasteiger partial charge in [-0.2, -0.15) is 20.1 Å². The van der Waals surface area contributed by atoms with E-state index in [0.717, 1.165) is 0 Å². The molecule has 0 aliphatic rings. The molecule has 2 aromatic rings. The molecule has 2 rings (SSSR count). The molecule has 9 nitrogen and oxygen atoms in total. The lowest BCUT2D eigenvalue weighted by atomic mass is 10.2. The molecule has 0 saturated heterocycles. The number of anilines is 2. The number of hydrazine groups is 1. The van der Waals surface area contributed by atoms with Crippen LogP contribution in [0.2, 0.25) is 0 Å². The first kappa shape index (κ1) is 14.2. The van der Waals surface area contributed by atoms with Gasteiger partial charge >= 0.3 is 0 Å². The van der Waals surface area contributed by atoms with Crippen molar-refractivity contribution in [3.8, 4) is 5.95 Å². The van der Waals surface area contributed by atoms with E-state index in [0.29, 0.717) is 31.0 Å². The summed E-state index contributed by atoms with van der Waals surface area (Å²) in [6.07, 6.45) is 3.39. The number of nitrogen functional groups attached to an aromatic ring is 1. The molecule has 0 aromatic carbocycles. The third-order valence-corrected chi connectivity index (χ3v) is 2.52. The topological polar surface area (TPSA) is 116 Å². The smallest absolute Gasteiger partial charge is 0.257 e. The largest absolute Gasteiger partial charge is 0.384 e. The van der Waals surface area contributed by atoms with E-state index in [2.05, 4.69) is 37.7 Å². The second-order valence-corrected chi connectivity index (χ2v) is 4.32. The van der Waals surface area contributed by atoms with Gasteiger partial charge in [0.15, 0.2) is 0 Å². The normalized spacial score (nSPS) is 12.2. The Morgan fingerprint density at radius 1 is 1.35 bits per heavy atom. The van der Waals surface area contributed by atoms with Gasteiger partial charge in [0.25, 0.3) is 5.95 Å². The van der Waals surface area contributed by atoms with Gasteiger partial charge in [0, 0.05) is 26.0 Å². The summed E-state index contributed by atoms with van der Waals surface area (Å²) in [6, 6.07) is 1.78. The zero-order chi connectivity index (χ0) is 14.4. The molecule has 0 fully saturated rings. The number of nitrogens with two attached hydrogens (primary N) is 1. The van der Waals surface area contributed by atoms with E-state index >= 15 is 0 Å². The molecule has 4 N–H and O–H groups in total. The SMILES string of the molecule is COCC(C)CNc1nc(NN)nc(-n2cccn2)n1. The van der Waals surface area contributed by atoms with Gasteiger partial charge in [-0.1, -0.05) is 6.92 Å². The maximum Gasteiger partial charge on any atom is 0.257 e. The molecule has 0 radical (unpaired) electrons. The van der Waals surface area contributed by atoms with Crippen LogP contribution in [0.1, 0.15) is 6.92 Å². The van der Waals surface area contributed by atoms with Crippen LogP contribution in [0.5, 0.6) is 0 Å². The van der Waals surface area contributed by atoms with E-state index < -0.39 is 0 Å². The summed E-state index contributed by atoms with van der Waals surface area (Å²) in [5, 5.41) is 7.20. The van der Waals surface area contributed by atoms with Crippen molar-refractivity contribution in [2.45, 2.75) is 6.92 Å². The van der Waals surface area contributed by atoms with Crippen molar-refractivity contribution < 1.29 is 4.74 Å². The van der Waals surface area contributed by atoms with Crippen molar-refractivity contribution >= 4 is 11.9 Å². The van der Waals surface area contributed by atoms with Gasteiger partial charge in [-0.15, -0.1) is 0 Å². The Kier molecular flexibility index (Phi) is 4.80. The molecule has 0 aliphatic carbocycles. The molecule has 2 heterocycles. The van der Waals surface area contributed by atoms with Gasteiger partial charge in [-0.25, -0.2) is 10.5 Å². The monoisotopic (exact) mass is 278 g/mol. The molecular weight excluding hydrogens is 260 g/mol. The summed E-state index contributed by atoms with van der Waals surface area (Å²) in [5.41, 5.74) is 2.41. The highest BCUT2D eigenvalue weighted by Gasteiger charge is 2.09. The van der Waals surface area contributed by atoms with Gasteiger partial charge < -0.3 is 10.1 Å². The molecule has 0 spiro atoms. The highest BCUT2D eigenvalue weighted by atomic mass is 16.5. The van der Waals surface area contributed by atoms with Crippen LogP contribution >= 0.6 is 0 Å². The first-order valence-electron chi connectivity index (χ1n) is 6.18. The molecule has 1 unspecified atom stereocenters. The standard InChI is InChI=1S/C11H18N8O/c1-8(7-20-2)6-13-9-15-10(18-12)17-11(16-9)19-5-3-4-14-19/h3-5,8H,6-7,12H2,1-2H3,(H2,13,15,16,17,18). The lowest BCUT2D eigenvalue weighted by molar-refractivity contribution is 0.164. The Morgan fingerprint density at radius 3 is 2.80 bits per heavy atom. The molecular formula is C11H18N8O. The minimum atomic E-state index is 0.271. The second-order valence-electron chi connectivity index (χ2n) is 4.32. The maximum atomic E-state index is 5.36. The van der Waals surface area contributed by atoms with Gasteiger partial charge in [-0.3, -0.25) is 5.43 Å². The van der Waals surface area contributed by atoms with Crippen LogP contribution in [0.3, 0.4) is 0 Å². The van der Waals surface area contributed by atoms with Crippen LogP contribution in [0.15, 0.2) is 18.5 Å². The van der Waals surface area contributed by atoms with E-state index in [-0.39, 0.29) is 5.95 Å². The van der Waals surface area contributed by atoms with E-state index in [1.807, 2.05) is 0 Å². The molecule has 9 heteroatoms. The van der Waals surface area contributed by atoms with Crippen LogP contribution in [0.4, 0.5) is 11.9 Å². The fourth-order valence-corrected chi connectivity index (χ4v) is 1.61. The van der Waals surface area contributed by atoms with Crippen LogP contribution in [-0.4, -0.2) is 45.0 Å². The number of nitrogens with zero attached hydrogens (tertiary/aromatic N) is 5. The number of aromatic nitrogens is 5. The van der Waals surface area contributed by atoms with Crippen molar-refractivity contribution in [1.29, 1.82) is 0 Å². The fraction of sp³-hybridized carbons (Fsp3) is 0.455. The average Bonchev–Trinajstić information content (AvgIpc) is 2.99. The molecule has 1 atom stereocenters. The van der Waals surface area contributed by atoms with Gasteiger partial charge in [0.2, 0.25) is 11.9 Å². The minimum Gasteiger partial charge on any atom is -0.384 e. The number of ether oxygens (including phenoxy) is 1. The lowest BCUT2D eigenvalue weighted by Gasteiger charge is -2.12. The van der Waals surface area contributed by atoms with Crippen molar-refractivity contribution in [3.63, 3.8) is 0 Å². The molecule has 20 heavy (non-hydrogen) atoms. The van der Waals surface area contributed by atoms with Crippen molar-refractivity contribution in [2.75, 3.05) is 31.0 Å². The van der Waals surface area contributed by atoms with E-state index in [9.17, 15) is 0 Å². The summed E-state index contributed by atoms with van der Waals surface area (Å²) in [5.74, 6) is 6.79. The predicted octanol–water partition coefficient (Wildman–Crippen LogP) is 0.0373. The van der Waals surface area contributed by atoms with Crippen LogP contribution in [0.25, 0.3) is 5.95 Å². The Bertz CT molecular complexity index is 529. The first-order chi connectivity index (χ1) is 9.72. The van der Waals surface area contributed by atoms with Crippen LogP contribution in [-0.2, 0) is 4.74 Å². The van der Waals surface area contributed by atoms with Crippen LogP contribution in [0, 0.1) is 5.92 Å². The number of nitrogens with one attached hydrogen (secondary N) is 2. The molecule has 0 aliphatic heterocycles. The third kappa shape index (κ3) is 3.62. The van der Waals surface area contributed by atoms with Gasteiger partial charge in [0.05, 0.1) is 6.61 Å². The van der Waals surface area contributed by atoms with Crippen molar-refractivity contribution in [2.24, 2.45) is 11.8 Å². The third-order valence-electron chi connectivity index (χ3n) is 2.52. The van der Waals surface area contributed by atoms with Crippen LogP contribution < -0.4 is 16.6 Å². The summed E-state index contributed by atoms with van der Waals surface area (Å²) in [7, 11) is 1.67. The second kappa shape index (κ2) is 6.78. The molecule has 2 aromatic heterocycles. The summed E-state index contributed by atoms with van der Waals surface area (Å²) < 4.78 is 6.61. The van der Waals surface area contributed by atoms with E-state index in [4.69, 9.17) is 10.6 Å². The summed E-state index contributed by atoms with van der Waals surface area (Å²) >= 11 is 0. The predicted molar refractivity (Wildman–Crippen MR) is 74.3 cm³/mol. The Labute approximate surface area is 116 Å². The Balaban J connectivity index is 2.14. The highest BCUT2D eigenvalue weighted by Crippen LogP contribution is 2.08. The first-order valence-corrected chi connectivity index (χ1v) is 6.18. The Hall–Kier alpha value is -2.26. The number of hydrogen-bond acceptors (Lipinski definition) is 8. The zero-order valence-electron chi connectivity index (χ0n) is 11.4. The van der Waals surface area contributed by atoms with Gasteiger partial charge in [-0.05, 0) is 12.0 Å². The summed E-state index contributed by atoms with van der Waals surface area (Å²) in [6.45, 7) is 3.40. The van der Waals surface area contributed by atoms with E-state index in [1.165, 1.54) is 4.68 Å². The molecule has 0 bridgehead atoms. The summed E-state index contributed by atoms with van der Waals surface area (Å²) in [4.78, 5) is 12.6. The minimum absolute atomic E-state index is 0.271. The lowest BCUT2D eigenvalue weighted by Crippen LogP contribution is -2.20. The average molecular weight is 278 g/mol. The quantitative estimate of drug-likeness (QED) is 0.480. The number of hydrogen-bond donors (Lipinski definition) is 3. The van der Waals surface area contributed by atoms with Crippen molar-refractivity contribution in [1.82, 2.24) is 24.7 Å². The highest BCUT2D eigenvalue weighted by molar-refractivity contribution is 5.36. The molecule has 108 valence electrons. The maximum absolute atomic E-state index is 5.36. The Morgan fingerprint density at radius 2 is 2.15 bits per heavy atom. The van der Waals surface area contributed by atoms with E-state index in [1.54, 1.807) is 25.6 Å².